The maximum Gasteiger partial charge on any atom is 0.250 e. The molecule has 86 valence electrons. The third-order valence-electron chi connectivity index (χ3n) is 3.16. The van der Waals surface area contributed by atoms with Gasteiger partial charge in [0.2, 0.25) is 0 Å². The second-order valence-electron chi connectivity index (χ2n) is 4.80. The molecule has 0 atom stereocenters. The summed E-state index contributed by atoms with van der Waals surface area (Å²) in [6, 6.07) is 5.19. The molecule has 1 aliphatic rings. The summed E-state index contributed by atoms with van der Waals surface area (Å²) in [5.74, 6) is -0.448. The number of nitrogen functional groups attached to an aromatic ring is 1. The van der Waals surface area contributed by atoms with Crippen LogP contribution in [0.1, 0.15) is 30.1 Å². The van der Waals surface area contributed by atoms with Crippen LogP contribution in [-0.2, 0) is 0 Å². The third-order valence-corrected chi connectivity index (χ3v) is 3.16. The smallest absolute Gasteiger partial charge is 0.250 e. The zero-order valence-corrected chi connectivity index (χ0v) is 9.42. The quantitative estimate of drug-likeness (QED) is 0.672. The minimum absolute atomic E-state index is 0.358. The molecule has 1 saturated carbocycles. The molecule has 16 heavy (non-hydrogen) atoms. The second-order valence-corrected chi connectivity index (χ2v) is 4.80. The van der Waals surface area contributed by atoms with Gasteiger partial charge in [-0.05, 0) is 30.4 Å². The molecule has 1 aliphatic carbocycles. The molecule has 0 unspecified atom stereocenters. The van der Waals surface area contributed by atoms with Gasteiger partial charge in [0.15, 0.2) is 0 Å². The summed E-state index contributed by atoms with van der Waals surface area (Å²) in [6.45, 7) is 3.05. The Morgan fingerprint density at radius 2 is 2.19 bits per heavy atom. The predicted octanol–water partition coefficient (Wildman–Crippen LogP) is 1.58. The molecular weight excluding hydrogens is 202 g/mol. The molecule has 0 aromatic heterocycles. The fourth-order valence-electron chi connectivity index (χ4n) is 1.66. The average Bonchev–Trinajstić information content (AvgIpc) is 2.95. The Morgan fingerprint density at radius 3 is 2.75 bits per heavy atom. The number of rotatable bonds is 4. The van der Waals surface area contributed by atoms with Gasteiger partial charge in [-0.3, -0.25) is 4.79 Å². The van der Waals surface area contributed by atoms with Crippen LogP contribution in [0.3, 0.4) is 0 Å². The van der Waals surface area contributed by atoms with Crippen LogP contribution in [-0.4, -0.2) is 12.5 Å². The number of nitrogens with two attached hydrogens (primary N) is 2. The summed E-state index contributed by atoms with van der Waals surface area (Å²) in [5.41, 5.74) is 13.2. The van der Waals surface area contributed by atoms with Crippen LogP contribution in [0.4, 0.5) is 11.4 Å². The van der Waals surface area contributed by atoms with Crippen LogP contribution in [0.2, 0.25) is 0 Å². The monoisotopic (exact) mass is 219 g/mol. The molecule has 0 spiro atoms. The number of primary amides is 1. The van der Waals surface area contributed by atoms with Gasteiger partial charge in [0.25, 0.3) is 5.91 Å². The van der Waals surface area contributed by atoms with Gasteiger partial charge in [-0.25, -0.2) is 0 Å². The minimum atomic E-state index is -0.448. The largest absolute Gasteiger partial charge is 0.397 e. The lowest BCUT2D eigenvalue weighted by Crippen LogP contribution is -2.19. The zero-order valence-electron chi connectivity index (χ0n) is 9.42. The molecule has 2 rings (SSSR count). The van der Waals surface area contributed by atoms with Crippen molar-refractivity contribution in [3.8, 4) is 0 Å². The maximum atomic E-state index is 11.2. The van der Waals surface area contributed by atoms with Crippen molar-refractivity contribution < 1.29 is 4.79 Å². The van der Waals surface area contributed by atoms with Crippen LogP contribution in [0.15, 0.2) is 18.2 Å². The van der Waals surface area contributed by atoms with E-state index in [-0.39, 0.29) is 0 Å². The van der Waals surface area contributed by atoms with Crippen molar-refractivity contribution in [2.24, 2.45) is 11.1 Å². The van der Waals surface area contributed by atoms with Crippen LogP contribution >= 0.6 is 0 Å². The number of benzene rings is 1. The van der Waals surface area contributed by atoms with E-state index >= 15 is 0 Å². The van der Waals surface area contributed by atoms with E-state index in [9.17, 15) is 4.79 Å². The number of amides is 1. The lowest BCUT2D eigenvalue weighted by molar-refractivity contribution is 0.100. The highest BCUT2D eigenvalue weighted by Crippen LogP contribution is 2.45. The van der Waals surface area contributed by atoms with Crippen molar-refractivity contribution in [1.29, 1.82) is 0 Å². The van der Waals surface area contributed by atoms with E-state index in [4.69, 9.17) is 11.5 Å². The molecule has 0 saturated heterocycles. The lowest BCUT2D eigenvalue weighted by atomic mass is 10.1. The first kappa shape index (κ1) is 10.8. The molecule has 1 aromatic rings. The molecule has 4 heteroatoms. The Balaban J connectivity index is 2.20. The van der Waals surface area contributed by atoms with Gasteiger partial charge in [0.1, 0.15) is 0 Å². The van der Waals surface area contributed by atoms with Gasteiger partial charge >= 0.3 is 0 Å². The number of carbonyl (C=O) groups excluding carboxylic acids is 1. The SMILES string of the molecule is CC1(CNc2c(N)cccc2C(N)=O)CC1. The number of nitrogens with one attached hydrogen (secondary N) is 1. The van der Waals surface area contributed by atoms with Crippen molar-refractivity contribution in [3.05, 3.63) is 23.8 Å². The summed E-state index contributed by atoms with van der Waals surface area (Å²) in [4.78, 5) is 11.2. The molecule has 0 heterocycles. The number of para-hydroxylation sites is 1. The normalized spacial score (nSPS) is 16.8. The van der Waals surface area contributed by atoms with Gasteiger partial charge in [-0.15, -0.1) is 0 Å². The standard InChI is InChI=1S/C12H17N3O/c1-12(5-6-12)7-15-10-8(11(14)16)3-2-4-9(10)13/h2-4,15H,5-7,13H2,1H3,(H2,14,16). The molecule has 5 N–H and O–H groups in total. The van der Waals surface area contributed by atoms with Gasteiger partial charge < -0.3 is 16.8 Å². The molecular formula is C12H17N3O. The first-order valence-corrected chi connectivity index (χ1v) is 5.44. The molecule has 1 aromatic carbocycles. The van der Waals surface area contributed by atoms with E-state index in [1.807, 2.05) is 0 Å². The number of hydrogen-bond acceptors (Lipinski definition) is 3. The first-order chi connectivity index (χ1) is 7.52. The highest BCUT2D eigenvalue weighted by Gasteiger charge is 2.37. The van der Waals surface area contributed by atoms with Gasteiger partial charge in [-0.1, -0.05) is 13.0 Å². The summed E-state index contributed by atoms with van der Waals surface area (Å²) >= 11 is 0. The summed E-state index contributed by atoms with van der Waals surface area (Å²) in [6.07, 6.45) is 2.44. The summed E-state index contributed by atoms with van der Waals surface area (Å²) < 4.78 is 0. The average molecular weight is 219 g/mol. The summed E-state index contributed by atoms with van der Waals surface area (Å²) in [7, 11) is 0. The van der Waals surface area contributed by atoms with Crippen molar-refractivity contribution in [3.63, 3.8) is 0 Å². The van der Waals surface area contributed by atoms with E-state index in [1.165, 1.54) is 12.8 Å². The Kier molecular flexibility index (Phi) is 2.50. The Labute approximate surface area is 95.0 Å². The van der Waals surface area contributed by atoms with E-state index in [0.29, 0.717) is 22.4 Å². The van der Waals surface area contributed by atoms with Crippen molar-refractivity contribution in [2.45, 2.75) is 19.8 Å². The summed E-state index contributed by atoms with van der Waals surface area (Å²) in [5, 5.41) is 3.24. The fourth-order valence-corrected chi connectivity index (χ4v) is 1.66. The number of anilines is 2. The van der Waals surface area contributed by atoms with Gasteiger partial charge in [0, 0.05) is 6.54 Å². The van der Waals surface area contributed by atoms with E-state index in [2.05, 4.69) is 12.2 Å². The molecule has 0 aliphatic heterocycles. The highest BCUT2D eigenvalue weighted by molar-refractivity contribution is 6.01. The third kappa shape index (κ3) is 2.10. The number of hydrogen-bond donors (Lipinski definition) is 3. The van der Waals surface area contributed by atoms with Crippen LogP contribution in [0, 0.1) is 5.41 Å². The maximum absolute atomic E-state index is 11.2. The molecule has 1 fully saturated rings. The molecule has 1 amide bonds. The van der Waals surface area contributed by atoms with Crippen LogP contribution in [0.25, 0.3) is 0 Å². The van der Waals surface area contributed by atoms with E-state index < -0.39 is 5.91 Å². The van der Waals surface area contributed by atoms with E-state index in [1.54, 1.807) is 18.2 Å². The van der Waals surface area contributed by atoms with Crippen molar-refractivity contribution in [2.75, 3.05) is 17.6 Å². The van der Waals surface area contributed by atoms with Crippen molar-refractivity contribution in [1.82, 2.24) is 0 Å². The first-order valence-electron chi connectivity index (χ1n) is 5.44. The lowest BCUT2D eigenvalue weighted by Gasteiger charge is -2.15. The van der Waals surface area contributed by atoms with Crippen LogP contribution in [0.5, 0.6) is 0 Å². The minimum Gasteiger partial charge on any atom is -0.397 e. The Hall–Kier alpha value is -1.71. The topological polar surface area (TPSA) is 81.1 Å². The Morgan fingerprint density at radius 1 is 1.50 bits per heavy atom. The molecule has 0 radical (unpaired) electrons. The van der Waals surface area contributed by atoms with Gasteiger partial charge in [-0.2, -0.15) is 0 Å². The van der Waals surface area contributed by atoms with Crippen molar-refractivity contribution >= 4 is 17.3 Å². The second kappa shape index (κ2) is 3.70. The Bertz CT molecular complexity index is 424. The zero-order chi connectivity index (χ0) is 11.8. The molecule has 4 nitrogen and oxygen atoms in total. The highest BCUT2D eigenvalue weighted by atomic mass is 16.1. The fraction of sp³-hybridized carbons (Fsp3) is 0.417. The van der Waals surface area contributed by atoms with E-state index in [0.717, 1.165) is 6.54 Å². The number of carbonyl (C=O) groups is 1. The van der Waals surface area contributed by atoms with Gasteiger partial charge in [0.05, 0.1) is 16.9 Å². The predicted molar refractivity (Wildman–Crippen MR) is 65.2 cm³/mol. The van der Waals surface area contributed by atoms with Crippen LogP contribution < -0.4 is 16.8 Å². The molecule has 0 bridgehead atoms.